The lowest BCUT2D eigenvalue weighted by molar-refractivity contribution is 0.210. The van der Waals surface area contributed by atoms with E-state index in [2.05, 4.69) is 4.62 Å². The average Bonchev–Trinajstić information content (AvgIpc) is 1.89. The quantitative estimate of drug-likeness (QED) is 0.383. The first-order valence-corrected chi connectivity index (χ1v) is 5.22. The molecule has 0 aromatic rings. The van der Waals surface area contributed by atoms with E-state index in [4.69, 9.17) is 10.4 Å². The Morgan fingerprint density at radius 2 is 2.20 bits per heavy atom. The second kappa shape index (κ2) is 4.85. The van der Waals surface area contributed by atoms with Gasteiger partial charge in [-0.2, -0.15) is 0 Å². The van der Waals surface area contributed by atoms with Gasteiger partial charge in [0, 0.05) is 6.66 Å². The Morgan fingerprint density at radius 3 is 2.60 bits per heavy atom. The van der Waals surface area contributed by atoms with Gasteiger partial charge >= 0.3 is 7.60 Å². The van der Waals surface area contributed by atoms with E-state index in [0.29, 0.717) is 6.61 Å². The Labute approximate surface area is 61.2 Å². The molecule has 0 fully saturated rings. The van der Waals surface area contributed by atoms with Crippen LogP contribution in [0.15, 0.2) is 0 Å². The predicted molar refractivity (Wildman–Crippen MR) is 39.7 cm³/mol. The van der Waals surface area contributed by atoms with Crippen LogP contribution in [-0.2, 0) is 13.7 Å². The van der Waals surface area contributed by atoms with Gasteiger partial charge in [0.2, 0.25) is 0 Å². The maximum Gasteiger partial charge on any atom is 0.343 e. The third-order valence-electron chi connectivity index (χ3n) is 1.02. The first kappa shape index (κ1) is 10.1. The van der Waals surface area contributed by atoms with Crippen LogP contribution in [-0.4, -0.2) is 13.3 Å². The van der Waals surface area contributed by atoms with E-state index in [9.17, 15) is 4.57 Å². The highest BCUT2D eigenvalue weighted by molar-refractivity contribution is 7.52. The molecule has 0 aliphatic rings. The van der Waals surface area contributed by atoms with Gasteiger partial charge in [-0.05, 0) is 6.42 Å². The fourth-order valence-corrected chi connectivity index (χ4v) is 0.927. The lowest BCUT2D eigenvalue weighted by atomic mass is 10.4. The molecule has 1 atom stereocenters. The van der Waals surface area contributed by atoms with Gasteiger partial charge < -0.3 is 4.52 Å². The Balaban J connectivity index is 3.38. The third kappa shape index (κ3) is 4.94. The number of unbranched alkanes of at least 4 members (excludes halogenated alkanes) is 1. The molecule has 10 heavy (non-hydrogen) atoms. The van der Waals surface area contributed by atoms with Gasteiger partial charge in [0.15, 0.2) is 0 Å². The highest BCUT2D eigenvalue weighted by Gasteiger charge is 2.13. The molecule has 0 rings (SSSR count). The zero-order chi connectivity index (χ0) is 8.04. The third-order valence-corrected chi connectivity index (χ3v) is 2.05. The van der Waals surface area contributed by atoms with Crippen LogP contribution < -0.4 is 5.90 Å². The molecule has 0 heterocycles. The van der Waals surface area contributed by atoms with Crippen molar-refractivity contribution in [3.8, 4) is 0 Å². The fraction of sp³-hybridized carbons (Fsp3) is 1.00. The average molecular weight is 167 g/mol. The Kier molecular flexibility index (Phi) is 4.91. The molecule has 0 saturated carbocycles. The van der Waals surface area contributed by atoms with Crippen molar-refractivity contribution in [1.82, 2.24) is 0 Å². The predicted octanol–water partition coefficient (Wildman–Crippen LogP) is 1.52. The molecule has 0 bridgehead atoms. The summed E-state index contributed by atoms with van der Waals surface area (Å²) >= 11 is 0. The van der Waals surface area contributed by atoms with Crippen LogP contribution in [0.5, 0.6) is 0 Å². The fourth-order valence-electron chi connectivity index (χ4n) is 0.405. The van der Waals surface area contributed by atoms with Crippen LogP contribution in [0.1, 0.15) is 19.8 Å². The monoisotopic (exact) mass is 167 g/mol. The summed E-state index contributed by atoms with van der Waals surface area (Å²) in [6, 6.07) is 0. The SMILES string of the molecule is CCCCOP(C)(=O)ON. The molecule has 0 aliphatic carbocycles. The van der Waals surface area contributed by atoms with Crippen LogP contribution in [0.3, 0.4) is 0 Å². The van der Waals surface area contributed by atoms with E-state index in [-0.39, 0.29) is 0 Å². The minimum absolute atomic E-state index is 0.446. The number of rotatable bonds is 5. The van der Waals surface area contributed by atoms with E-state index < -0.39 is 7.60 Å². The van der Waals surface area contributed by atoms with Crippen molar-refractivity contribution in [2.75, 3.05) is 13.3 Å². The van der Waals surface area contributed by atoms with Gasteiger partial charge in [0.1, 0.15) is 0 Å². The summed E-state index contributed by atoms with van der Waals surface area (Å²) in [5.74, 6) is 4.70. The summed E-state index contributed by atoms with van der Waals surface area (Å²) in [6.45, 7) is 3.82. The minimum atomic E-state index is -2.93. The van der Waals surface area contributed by atoms with Crippen molar-refractivity contribution < 1.29 is 13.7 Å². The molecule has 0 spiro atoms. The van der Waals surface area contributed by atoms with Crippen molar-refractivity contribution in [3.05, 3.63) is 0 Å². The van der Waals surface area contributed by atoms with Gasteiger partial charge in [-0.1, -0.05) is 13.3 Å². The lowest BCUT2D eigenvalue weighted by Crippen LogP contribution is -2.00. The van der Waals surface area contributed by atoms with Crippen molar-refractivity contribution in [3.63, 3.8) is 0 Å². The summed E-state index contributed by atoms with van der Waals surface area (Å²) in [6.07, 6.45) is 1.88. The second-order valence-corrected chi connectivity index (χ2v) is 4.08. The molecule has 4 nitrogen and oxygen atoms in total. The van der Waals surface area contributed by atoms with Crippen LogP contribution in [0.4, 0.5) is 0 Å². The van der Waals surface area contributed by atoms with Crippen LogP contribution >= 0.6 is 7.60 Å². The Bertz CT molecular complexity index is 128. The van der Waals surface area contributed by atoms with Crippen molar-refractivity contribution in [2.45, 2.75) is 19.8 Å². The molecule has 0 aliphatic heterocycles. The highest BCUT2D eigenvalue weighted by atomic mass is 31.2. The molecular formula is C5H14NO3P. The van der Waals surface area contributed by atoms with Gasteiger partial charge in [-0.3, -0.25) is 4.57 Å². The number of hydrogen-bond donors (Lipinski definition) is 1. The lowest BCUT2D eigenvalue weighted by Gasteiger charge is -2.08. The molecule has 0 aromatic heterocycles. The summed E-state index contributed by atoms with van der Waals surface area (Å²) in [4.78, 5) is 0. The van der Waals surface area contributed by atoms with E-state index in [1.54, 1.807) is 0 Å². The molecule has 0 amide bonds. The zero-order valence-corrected chi connectivity index (χ0v) is 7.27. The Hall–Kier alpha value is 0.110. The maximum atomic E-state index is 10.9. The van der Waals surface area contributed by atoms with E-state index in [1.165, 1.54) is 6.66 Å². The highest BCUT2D eigenvalue weighted by Crippen LogP contribution is 2.41. The largest absolute Gasteiger partial charge is 0.343 e. The molecule has 2 N–H and O–H groups in total. The molecule has 62 valence electrons. The van der Waals surface area contributed by atoms with Crippen LogP contribution in [0, 0.1) is 0 Å². The zero-order valence-electron chi connectivity index (χ0n) is 6.37. The molecular weight excluding hydrogens is 153 g/mol. The van der Waals surface area contributed by atoms with Crippen LogP contribution in [0.25, 0.3) is 0 Å². The molecule has 0 aromatic carbocycles. The van der Waals surface area contributed by atoms with Gasteiger partial charge in [-0.25, -0.2) is 10.5 Å². The normalized spacial score (nSPS) is 16.7. The smallest absolute Gasteiger partial charge is 0.308 e. The number of hydrogen-bond acceptors (Lipinski definition) is 4. The summed E-state index contributed by atoms with van der Waals surface area (Å²) in [5, 5.41) is 0. The van der Waals surface area contributed by atoms with Gasteiger partial charge in [0.25, 0.3) is 0 Å². The summed E-state index contributed by atoms with van der Waals surface area (Å²) in [5.41, 5.74) is 0. The first-order chi connectivity index (χ1) is 4.62. The van der Waals surface area contributed by atoms with E-state index in [1.807, 2.05) is 6.92 Å². The van der Waals surface area contributed by atoms with Crippen molar-refractivity contribution in [2.24, 2.45) is 5.90 Å². The first-order valence-electron chi connectivity index (χ1n) is 3.23. The molecule has 1 unspecified atom stereocenters. The van der Waals surface area contributed by atoms with Crippen LogP contribution in [0.2, 0.25) is 0 Å². The number of nitrogens with two attached hydrogens (primary N) is 1. The molecule has 5 heteroatoms. The van der Waals surface area contributed by atoms with E-state index in [0.717, 1.165) is 12.8 Å². The second-order valence-electron chi connectivity index (χ2n) is 2.06. The van der Waals surface area contributed by atoms with E-state index >= 15 is 0 Å². The standard InChI is InChI=1S/C5H14NO3P/c1-3-4-5-8-10(2,7)9-6/h3-6H2,1-2H3. The van der Waals surface area contributed by atoms with Crippen molar-refractivity contribution in [1.29, 1.82) is 0 Å². The topological polar surface area (TPSA) is 61.5 Å². The molecule has 0 saturated heterocycles. The minimum Gasteiger partial charge on any atom is -0.308 e. The summed E-state index contributed by atoms with van der Waals surface area (Å²) in [7, 11) is -2.93. The van der Waals surface area contributed by atoms with Gasteiger partial charge in [-0.15, -0.1) is 0 Å². The maximum absolute atomic E-state index is 10.9. The molecule has 0 radical (unpaired) electrons. The van der Waals surface area contributed by atoms with Gasteiger partial charge in [0.05, 0.1) is 6.61 Å². The summed E-state index contributed by atoms with van der Waals surface area (Å²) < 4.78 is 19.8. The van der Waals surface area contributed by atoms with Crippen molar-refractivity contribution >= 4 is 7.60 Å². The Morgan fingerprint density at radius 1 is 1.60 bits per heavy atom.